The molecule has 0 aliphatic carbocycles. The molecule has 0 saturated carbocycles. The van der Waals surface area contributed by atoms with Crippen LogP contribution in [0, 0.1) is 0 Å². The number of ether oxygens (including phenoxy) is 1. The number of halogens is 1. The minimum absolute atomic E-state index is 0.148. The molecule has 2 aromatic carbocycles. The first-order chi connectivity index (χ1) is 14.0. The van der Waals surface area contributed by atoms with Crippen molar-refractivity contribution in [3.63, 3.8) is 0 Å². The van der Waals surface area contributed by atoms with Gasteiger partial charge in [-0.2, -0.15) is 0 Å². The van der Waals surface area contributed by atoms with Gasteiger partial charge < -0.3 is 15.4 Å². The van der Waals surface area contributed by atoms with Crippen LogP contribution in [0.4, 0.5) is 11.4 Å². The lowest BCUT2D eigenvalue weighted by molar-refractivity contribution is 0.0976. The highest BCUT2D eigenvalue weighted by molar-refractivity contribution is 9.10. The molecule has 9 heteroatoms. The Labute approximate surface area is 185 Å². The maximum atomic E-state index is 12.2. The first kappa shape index (κ1) is 21.0. The van der Waals surface area contributed by atoms with E-state index >= 15 is 0 Å². The van der Waals surface area contributed by atoms with Crippen molar-refractivity contribution in [2.75, 3.05) is 17.7 Å². The van der Waals surface area contributed by atoms with Gasteiger partial charge in [0.2, 0.25) is 0 Å². The smallest absolute Gasteiger partial charge is 0.265 e. The lowest BCUT2D eigenvalue weighted by Gasteiger charge is -2.14. The van der Waals surface area contributed by atoms with E-state index in [0.29, 0.717) is 27.6 Å². The van der Waals surface area contributed by atoms with Crippen LogP contribution in [0.25, 0.3) is 0 Å². The number of hydrogen-bond acceptors (Lipinski definition) is 5. The van der Waals surface area contributed by atoms with Crippen molar-refractivity contribution in [1.29, 1.82) is 0 Å². The van der Waals surface area contributed by atoms with Crippen LogP contribution < -0.4 is 20.7 Å². The van der Waals surface area contributed by atoms with Gasteiger partial charge in [0.15, 0.2) is 5.11 Å². The topological polar surface area (TPSA) is 79.5 Å². The van der Waals surface area contributed by atoms with E-state index in [9.17, 15) is 9.59 Å². The lowest BCUT2D eigenvalue weighted by Crippen LogP contribution is -2.34. The van der Waals surface area contributed by atoms with E-state index in [0.717, 1.165) is 4.47 Å². The van der Waals surface area contributed by atoms with Crippen LogP contribution in [0.1, 0.15) is 20.0 Å². The highest BCUT2D eigenvalue weighted by Gasteiger charge is 2.12. The molecule has 0 aliphatic rings. The number of nitrogens with one attached hydrogen (secondary N) is 3. The Morgan fingerprint density at radius 1 is 1.03 bits per heavy atom. The molecule has 1 heterocycles. The van der Waals surface area contributed by atoms with E-state index in [1.807, 2.05) is 11.4 Å². The third-order valence-corrected chi connectivity index (χ3v) is 5.39. The Bertz CT molecular complexity index is 1040. The SMILES string of the molecule is COc1cc(NC(=S)NC(=O)c2ccc(Br)cc2)ccc1NC(=O)c1cccs1. The number of hydrogen-bond donors (Lipinski definition) is 3. The number of carbonyl (C=O) groups is 2. The molecule has 0 bridgehead atoms. The summed E-state index contributed by atoms with van der Waals surface area (Å²) in [4.78, 5) is 25.1. The first-order valence-electron chi connectivity index (χ1n) is 8.37. The number of carbonyl (C=O) groups excluding carboxylic acids is 2. The van der Waals surface area contributed by atoms with Crippen molar-refractivity contribution in [1.82, 2.24) is 5.32 Å². The summed E-state index contributed by atoms with van der Waals surface area (Å²) in [5.74, 6) is -0.0694. The summed E-state index contributed by atoms with van der Waals surface area (Å²) in [6, 6.07) is 15.6. The van der Waals surface area contributed by atoms with E-state index in [1.54, 1.807) is 48.5 Å². The largest absolute Gasteiger partial charge is 0.494 e. The van der Waals surface area contributed by atoms with E-state index in [4.69, 9.17) is 17.0 Å². The molecule has 29 heavy (non-hydrogen) atoms. The zero-order chi connectivity index (χ0) is 20.8. The molecule has 1 aromatic heterocycles. The summed E-state index contributed by atoms with van der Waals surface area (Å²) >= 11 is 9.90. The van der Waals surface area contributed by atoms with E-state index in [2.05, 4.69) is 31.9 Å². The number of anilines is 2. The monoisotopic (exact) mass is 489 g/mol. The van der Waals surface area contributed by atoms with Gasteiger partial charge in [-0.05, 0) is 60.1 Å². The third kappa shape index (κ3) is 5.63. The molecule has 0 radical (unpaired) electrons. The maximum absolute atomic E-state index is 12.2. The molecule has 3 rings (SSSR count). The maximum Gasteiger partial charge on any atom is 0.265 e. The van der Waals surface area contributed by atoms with Crippen LogP contribution in [-0.4, -0.2) is 24.0 Å². The van der Waals surface area contributed by atoms with Crippen LogP contribution in [0.5, 0.6) is 5.75 Å². The van der Waals surface area contributed by atoms with Gasteiger partial charge in [-0.15, -0.1) is 11.3 Å². The van der Waals surface area contributed by atoms with Gasteiger partial charge in [-0.1, -0.05) is 22.0 Å². The number of benzene rings is 2. The van der Waals surface area contributed by atoms with Gasteiger partial charge >= 0.3 is 0 Å². The zero-order valence-electron chi connectivity index (χ0n) is 15.2. The molecule has 2 amide bonds. The number of thiocarbonyl (C=S) groups is 1. The van der Waals surface area contributed by atoms with Crippen molar-refractivity contribution in [3.8, 4) is 5.75 Å². The first-order valence-corrected chi connectivity index (χ1v) is 10.4. The van der Waals surface area contributed by atoms with Crippen molar-refractivity contribution in [3.05, 3.63) is 74.9 Å². The molecule has 0 spiro atoms. The van der Waals surface area contributed by atoms with Crippen molar-refractivity contribution < 1.29 is 14.3 Å². The summed E-state index contributed by atoms with van der Waals surface area (Å²) in [5, 5.41) is 10.4. The number of methoxy groups -OCH3 is 1. The summed E-state index contributed by atoms with van der Waals surface area (Å²) in [7, 11) is 1.51. The van der Waals surface area contributed by atoms with Crippen LogP contribution >= 0.6 is 39.5 Å². The molecular formula is C20H16BrN3O3S2. The normalized spacial score (nSPS) is 10.1. The Hall–Kier alpha value is -2.75. The minimum atomic E-state index is -0.318. The number of thiophene rings is 1. The van der Waals surface area contributed by atoms with Crippen molar-refractivity contribution in [2.24, 2.45) is 0 Å². The molecule has 0 unspecified atom stereocenters. The fourth-order valence-electron chi connectivity index (χ4n) is 2.40. The molecule has 0 atom stereocenters. The quantitative estimate of drug-likeness (QED) is 0.444. The van der Waals surface area contributed by atoms with Gasteiger partial charge in [-0.25, -0.2) is 0 Å². The average molecular weight is 490 g/mol. The van der Waals surface area contributed by atoms with Crippen LogP contribution in [0.2, 0.25) is 0 Å². The molecule has 0 saturated heterocycles. The molecule has 0 aliphatic heterocycles. The van der Waals surface area contributed by atoms with E-state index in [1.165, 1.54) is 18.4 Å². The second kappa shape index (κ2) is 9.64. The molecular weight excluding hydrogens is 474 g/mol. The van der Waals surface area contributed by atoms with E-state index < -0.39 is 0 Å². The summed E-state index contributed by atoms with van der Waals surface area (Å²) < 4.78 is 6.24. The van der Waals surface area contributed by atoms with Crippen LogP contribution in [0.3, 0.4) is 0 Å². The van der Waals surface area contributed by atoms with Gasteiger partial charge in [0.05, 0.1) is 17.7 Å². The van der Waals surface area contributed by atoms with Gasteiger partial charge in [0.1, 0.15) is 5.75 Å². The van der Waals surface area contributed by atoms with Gasteiger partial charge in [0.25, 0.3) is 11.8 Å². The molecule has 0 fully saturated rings. The molecule has 6 nitrogen and oxygen atoms in total. The second-order valence-corrected chi connectivity index (χ2v) is 8.03. The summed E-state index contributed by atoms with van der Waals surface area (Å²) in [6.45, 7) is 0. The minimum Gasteiger partial charge on any atom is -0.494 e. The Balaban J connectivity index is 1.64. The predicted octanol–water partition coefficient (Wildman–Crippen LogP) is 4.90. The molecule has 3 aromatic rings. The Kier molecular flexibility index (Phi) is 6.97. The van der Waals surface area contributed by atoms with Gasteiger partial charge in [0, 0.05) is 21.8 Å². The third-order valence-electron chi connectivity index (χ3n) is 3.79. The fourth-order valence-corrected chi connectivity index (χ4v) is 3.50. The average Bonchev–Trinajstić information content (AvgIpc) is 3.24. The molecule has 148 valence electrons. The number of amides is 2. The summed E-state index contributed by atoms with van der Waals surface area (Å²) in [6.07, 6.45) is 0. The fraction of sp³-hybridized carbons (Fsp3) is 0.0500. The standard InChI is InChI=1S/C20H16BrN3O3S2/c1-27-16-11-14(8-9-15(16)23-19(26)17-3-2-10-29-17)22-20(28)24-18(25)12-4-6-13(21)7-5-12/h2-11H,1H3,(H,23,26)(H2,22,24,25,28). The zero-order valence-corrected chi connectivity index (χ0v) is 18.4. The second-order valence-electron chi connectivity index (χ2n) is 5.76. The highest BCUT2D eigenvalue weighted by Crippen LogP contribution is 2.28. The van der Waals surface area contributed by atoms with Gasteiger partial charge in [-0.3, -0.25) is 14.9 Å². The predicted molar refractivity (Wildman–Crippen MR) is 123 cm³/mol. The highest BCUT2D eigenvalue weighted by atomic mass is 79.9. The number of rotatable bonds is 5. The van der Waals surface area contributed by atoms with Crippen LogP contribution in [-0.2, 0) is 0 Å². The van der Waals surface area contributed by atoms with Crippen molar-refractivity contribution >= 4 is 67.8 Å². The Morgan fingerprint density at radius 2 is 1.79 bits per heavy atom. The van der Waals surface area contributed by atoms with Crippen molar-refractivity contribution in [2.45, 2.75) is 0 Å². The summed E-state index contributed by atoms with van der Waals surface area (Å²) in [5.41, 5.74) is 1.62. The van der Waals surface area contributed by atoms with E-state index in [-0.39, 0.29) is 16.9 Å². The Morgan fingerprint density at radius 3 is 2.45 bits per heavy atom. The molecule has 3 N–H and O–H groups in total. The van der Waals surface area contributed by atoms with Crippen LogP contribution in [0.15, 0.2) is 64.5 Å². The lowest BCUT2D eigenvalue weighted by atomic mass is 10.2.